The zero-order chi connectivity index (χ0) is 9.68. The molecule has 0 aliphatic carbocycles. The molecular weight excluding hydrogens is 160 g/mol. The molecule has 0 aromatic heterocycles. The van der Waals surface area contributed by atoms with Crippen molar-refractivity contribution >= 4 is 0 Å². The van der Waals surface area contributed by atoms with Gasteiger partial charge in [-0.15, -0.1) is 0 Å². The number of aryl methyl sites for hydroxylation is 1. The number of hydrogen-bond donors (Lipinski definition) is 1. The van der Waals surface area contributed by atoms with Gasteiger partial charge in [-0.25, -0.2) is 0 Å². The summed E-state index contributed by atoms with van der Waals surface area (Å²) in [6.45, 7) is 4.00. The predicted octanol–water partition coefficient (Wildman–Crippen LogP) is 2.99. The Morgan fingerprint density at radius 3 is 2.46 bits per heavy atom. The highest BCUT2D eigenvalue weighted by molar-refractivity contribution is 5.23. The van der Waals surface area contributed by atoms with Gasteiger partial charge in [0.05, 0.1) is 6.10 Å². The largest absolute Gasteiger partial charge is 0.388 e. The van der Waals surface area contributed by atoms with E-state index < -0.39 is 0 Å². The van der Waals surface area contributed by atoms with Crippen LogP contribution in [0.2, 0.25) is 0 Å². The molecule has 70 valence electrons. The molecule has 1 N–H and O–H groups in total. The molecule has 1 unspecified atom stereocenters. The number of aliphatic hydroxyl groups excluding tert-OH is 1. The van der Waals surface area contributed by atoms with Gasteiger partial charge in [0.1, 0.15) is 0 Å². The van der Waals surface area contributed by atoms with Crippen LogP contribution in [-0.2, 0) is 0 Å². The smallest absolute Gasteiger partial charge is 0.0824 e. The van der Waals surface area contributed by atoms with Gasteiger partial charge in [-0.3, -0.25) is 0 Å². The van der Waals surface area contributed by atoms with Gasteiger partial charge in [-0.05, 0) is 25.8 Å². The highest BCUT2D eigenvalue weighted by Crippen LogP contribution is 2.17. The van der Waals surface area contributed by atoms with E-state index in [1.54, 1.807) is 0 Å². The Morgan fingerprint density at radius 1 is 1.31 bits per heavy atom. The predicted molar refractivity (Wildman–Crippen MR) is 55.6 cm³/mol. The Kier molecular flexibility index (Phi) is 3.71. The molecular formula is C12H16O. The maximum atomic E-state index is 9.69. The van der Waals surface area contributed by atoms with E-state index in [2.05, 4.69) is 0 Å². The number of allylic oxidation sites excluding steroid dienone is 1. The summed E-state index contributed by atoms with van der Waals surface area (Å²) in [6.07, 6.45) is 4.26. The Morgan fingerprint density at radius 2 is 1.92 bits per heavy atom. The minimum Gasteiger partial charge on any atom is -0.388 e. The average Bonchev–Trinajstić information content (AvgIpc) is 2.15. The number of benzene rings is 1. The van der Waals surface area contributed by atoms with E-state index in [0.717, 1.165) is 5.56 Å². The van der Waals surface area contributed by atoms with Crippen LogP contribution in [0, 0.1) is 6.92 Å². The first-order chi connectivity index (χ1) is 6.24. The quantitative estimate of drug-likeness (QED) is 0.702. The third kappa shape index (κ3) is 3.03. The summed E-state index contributed by atoms with van der Waals surface area (Å²) in [5.74, 6) is 0. The first kappa shape index (κ1) is 10.0. The molecule has 0 amide bonds. The molecule has 0 saturated heterocycles. The molecule has 1 heteroatoms. The average molecular weight is 176 g/mol. The topological polar surface area (TPSA) is 20.2 Å². The zero-order valence-corrected chi connectivity index (χ0v) is 8.20. The minimum atomic E-state index is -0.364. The highest BCUT2D eigenvalue weighted by atomic mass is 16.3. The lowest BCUT2D eigenvalue weighted by Crippen LogP contribution is -1.94. The fourth-order valence-electron chi connectivity index (χ4n) is 1.19. The molecule has 0 radical (unpaired) electrons. The molecule has 0 aliphatic rings. The van der Waals surface area contributed by atoms with Crippen molar-refractivity contribution in [3.63, 3.8) is 0 Å². The van der Waals surface area contributed by atoms with Crippen molar-refractivity contribution < 1.29 is 5.11 Å². The van der Waals surface area contributed by atoms with Crippen LogP contribution in [0.15, 0.2) is 36.4 Å². The van der Waals surface area contributed by atoms with E-state index in [1.807, 2.05) is 50.3 Å². The van der Waals surface area contributed by atoms with Crippen LogP contribution in [0.5, 0.6) is 0 Å². The summed E-state index contributed by atoms with van der Waals surface area (Å²) in [7, 11) is 0. The van der Waals surface area contributed by atoms with Gasteiger partial charge in [0.25, 0.3) is 0 Å². The normalized spacial score (nSPS) is 13.5. The number of rotatable bonds is 3. The minimum absolute atomic E-state index is 0.364. The third-order valence-corrected chi connectivity index (χ3v) is 2.06. The summed E-state index contributed by atoms with van der Waals surface area (Å²) in [5, 5.41) is 9.69. The second-order valence-electron chi connectivity index (χ2n) is 3.23. The van der Waals surface area contributed by atoms with Crippen LogP contribution >= 0.6 is 0 Å². The molecule has 1 atom stereocenters. The molecule has 0 fully saturated rings. The molecule has 1 rings (SSSR count). The van der Waals surface area contributed by atoms with E-state index >= 15 is 0 Å². The van der Waals surface area contributed by atoms with Crippen LogP contribution in [-0.4, -0.2) is 5.11 Å². The summed E-state index contributed by atoms with van der Waals surface area (Å²) < 4.78 is 0. The van der Waals surface area contributed by atoms with Crippen molar-refractivity contribution in [3.8, 4) is 0 Å². The lowest BCUT2D eigenvalue weighted by molar-refractivity contribution is 0.181. The molecule has 0 heterocycles. The van der Waals surface area contributed by atoms with Gasteiger partial charge in [0.2, 0.25) is 0 Å². The van der Waals surface area contributed by atoms with Crippen molar-refractivity contribution in [2.24, 2.45) is 0 Å². The van der Waals surface area contributed by atoms with Crippen LogP contribution < -0.4 is 0 Å². The molecule has 13 heavy (non-hydrogen) atoms. The summed E-state index contributed by atoms with van der Waals surface area (Å²) in [6, 6.07) is 8.00. The standard InChI is InChI=1S/C12H16O/c1-3-4-5-12(13)11-8-6-10(2)7-9-11/h3-4,6-9,12-13H,5H2,1-2H3/b4-3-. The second kappa shape index (κ2) is 4.83. The molecule has 0 aliphatic heterocycles. The molecule has 1 nitrogen and oxygen atoms in total. The van der Waals surface area contributed by atoms with E-state index in [0.29, 0.717) is 6.42 Å². The van der Waals surface area contributed by atoms with Gasteiger partial charge in [0.15, 0.2) is 0 Å². The Bertz CT molecular complexity index is 272. The van der Waals surface area contributed by atoms with Crippen molar-refractivity contribution in [2.75, 3.05) is 0 Å². The zero-order valence-electron chi connectivity index (χ0n) is 8.20. The fraction of sp³-hybridized carbons (Fsp3) is 0.333. The SMILES string of the molecule is C/C=C\CC(O)c1ccc(C)cc1. The molecule has 0 bridgehead atoms. The highest BCUT2D eigenvalue weighted by Gasteiger charge is 2.03. The molecule has 1 aromatic carbocycles. The van der Waals surface area contributed by atoms with Crippen LogP contribution in [0.25, 0.3) is 0 Å². The second-order valence-corrected chi connectivity index (χ2v) is 3.23. The van der Waals surface area contributed by atoms with Crippen molar-refractivity contribution in [1.29, 1.82) is 0 Å². The maximum Gasteiger partial charge on any atom is 0.0824 e. The number of aliphatic hydroxyl groups is 1. The van der Waals surface area contributed by atoms with Crippen LogP contribution in [0.1, 0.15) is 30.6 Å². The maximum absolute atomic E-state index is 9.69. The van der Waals surface area contributed by atoms with E-state index in [1.165, 1.54) is 5.56 Å². The van der Waals surface area contributed by atoms with E-state index in [4.69, 9.17) is 0 Å². The van der Waals surface area contributed by atoms with Gasteiger partial charge in [0, 0.05) is 0 Å². The van der Waals surface area contributed by atoms with Crippen molar-refractivity contribution in [1.82, 2.24) is 0 Å². The van der Waals surface area contributed by atoms with Gasteiger partial charge < -0.3 is 5.11 Å². The van der Waals surface area contributed by atoms with Gasteiger partial charge in [-0.2, -0.15) is 0 Å². The van der Waals surface area contributed by atoms with Gasteiger partial charge >= 0.3 is 0 Å². The lowest BCUT2D eigenvalue weighted by atomic mass is 10.1. The third-order valence-electron chi connectivity index (χ3n) is 2.06. The molecule has 1 aromatic rings. The van der Waals surface area contributed by atoms with Crippen LogP contribution in [0.4, 0.5) is 0 Å². The molecule has 0 saturated carbocycles. The van der Waals surface area contributed by atoms with Crippen molar-refractivity contribution in [2.45, 2.75) is 26.4 Å². The summed E-state index contributed by atoms with van der Waals surface area (Å²) in [4.78, 5) is 0. The summed E-state index contributed by atoms with van der Waals surface area (Å²) >= 11 is 0. The first-order valence-electron chi connectivity index (χ1n) is 4.60. The number of hydrogen-bond acceptors (Lipinski definition) is 1. The fourth-order valence-corrected chi connectivity index (χ4v) is 1.19. The van der Waals surface area contributed by atoms with Crippen LogP contribution in [0.3, 0.4) is 0 Å². The van der Waals surface area contributed by atoms with E-state index in [-0.39, 0.29) is 6.10 Å². The van der Waals surface area contributed by atoms with Crippen molar-refractivity contribution in [3.05, 3.63) is 47.5 Å². The monoisotopic (exact) mass is 176 g/mol. The van der Waals surface area contributed by atoms with Gasteiger partial charge in [-0.1, -0.05) is 42.0 Å². The Labute approximate surface area is 79.7 Å². The lowest BCUT2D eigenvalue weighted by Gasteiger charge is -2.07. The Balaban J connectivity index is 2.66. The first-order valence-corrected chi connectivity index (χ1v) is 4.60. The summed E-state index contributed by atoms with van der Waals surface area (Å²) in [5.41, 5.74) is 2.21. The van der Waals surface area contributed by atoms with E-state index in [9.17, 15) is 5.11 Å². The molecule has 0 spiro atoms. The Hall–Kier alpha value is -1.08.